The average Bonchev–Trinajstić information content (AvgIpc) is 0.810. The number of benzene rings is 1. The SMILES string of the molecule is CC(=O)N(O)CCC[C@H](CC(=O)[C@H](CCCN(O)C(C)=O)NC(=O)[C@@H](N)CCCN(O)C(C)=O)C(=O)CCCNC(=O)CC[C@H](CC(=O)CC[C@H](NC(=O)CC[C@H](CC(=O)CC[C@@H](NC(=O)c1ccc(N(C)Cc2cnc3nc(N)nc(N)c3n2)cc1)C(=O)O)C(=O)O)C(=O)O)C(=O)O. The number of nitrogen functional groups attached to an aromatic ring is 2. The summed E-state index contributed by atoms with van der Waals surface area (Å²) < 4.78 is 0. The number of ketones is 4. The van der Waals surface area contributed by atoms with Gasteiger partial charge < -0.3 is 63.8 Å². The number of carbonyl (C=O) groups excluding carboxylic acids is 11. The summed E-state index contributed by atoms with van der Waals surface area (Å²) in [6.45, 7) is 2.87. The molecule has 3 rings (SSSR count). The number of hydrogen-bond donors (Lipinski definition) is 14. The average molecular weight is 1400 g/mol. The van der Waals surface area contributed by atoms with Gasteiger partial charge in [-0.25, -0.2) is 34.7 Å². The maximum absolute atomic E-state index is 13.9. The Labute approximate surface area is 567 Å². The Kier molecular flexibility index (Phi) is 35.0. The maximum atomic E-state index is 13.9. The number of nitrogens with one attached hydrogen (secondary N) is 4. The summed E-state index contributed by atoms with van der Waals surface area (Å²) in [6, 6.07) is 0.314. The lowest BCUT2D eigenvalue weighted by Gasteiger charge is -2.24. The topological polar surface area (TPSA) is 588 Å². The molecule has 1 aromatic carbocycles. The van der Waals surface area contributed by atoms with E-state index in [1.807, 2.05) is 0 Å². The number of hydroxylamine groups is 6. The number of aliphatic carboxylic acids is 4. The van der Waals surface area contributed by atoms with Crippen molar-refractivity contribution in [2.75, 3.05) is 49.6 Å². The van der Waals surface area contributed by atoms with E-state index in [9.17, 15) is 108 Å². The molecule has 0 aliphatic heterocycles. The number of carbonyl (C=O) groups is 15. The number of aromatic nitrogens is 4. The van der Waals surface area contributed by atoms with Gasteiger partial charge in [0.25, 0.3) is 5.91 Å². The van der Waals surface area contributed by atoms with E-state index in [2.05, 4.69) is 41.2 Å². The molecule has 0 saturated carbocycles. The van der Waals surface area contributed by atoms with Gasteiger partial charge in [0.15, 0.2) is 22.8 Å². The van der Waals surface area contributed by atoms with Crippen LogP contribution in [0.5, 0.6) is 0 Å². The van der Waals surface area contributed by atoms with Crippen LogP contribution in [0.4, 0.5) is 17.5 Å². The molecule has 99 heavy (non-hydrogen) atoms. The summed E-state index contributed by atoms with van der Waals surface area (Å²) in [4.78, 5) is 207. The molecule has 0 fully saturated rings. The minimum atomic E-state index is -1.70. The fraction of sp³-hybridized carbons (Fsp3) is 0.565. The third kappa shape index (κ3) is 30.4. The molecule has 37 nitrogen and oxygen atoms in total. The first-order chi connectivity index (χ1) is 46.6. The molecule has 7 atom stereocenters. The van der Waals surface area contributed by atoms with Crippen molar-refractivity contribution in [3.8, 4) is 0 Å². The summed E-state index contributed by atoms with van der Waals surface area (Å²) in [6.07, 6.45) is -4.32. The van der Waals surface area contributed by atoms with Gasteiger partial charge in [-0.3, -0.25) is 78.0 Å². The van der Waals surface area contributed by atoms with Crippen LogP contribution in [0.2, 0.25) is 0 Å². The molecule has 3 aromatic rings. The fourth-order valence-corrected chi connectivity index (χ4v) is 10.0. The molecule has 0 spiro atoms. The normalized spacial score (nSPS) is 13.2. The van der Waals surface area contributed by atoms with Crippen molar-refractivity contribution in [1.82, 2.24) is 56.4 Å². The molecule has 2 heterocycles. The largest absolute Gasteiger partial charge is 0.481 e. The second-order valence-electron chi connectivity index (χ2n) is 23.7. The Morgan fingerprint density at radius 1 is 0.515 bits per heavy atom. The van der Waals surface area contributed by atoms with E-state index in [0.29, 0.717) is 26.6 Å². The van der Waals surface area contributed by atoms with Crippen LogP contribution in [0.15, 0.2) is 30.5 Å². The molecule has 0 aliphatic carbocycles. The molecule has 0 saturated heterocycles. The molecule has 2 aromatic heterocycles. The van der Waals surface area contributed by atoms with Crippen molar-refractivity contribution in [3.05, 3.63) is 41.7 Å². The lowest BCUT2D eigenvalue weighted by molar-refractivity contribution is -0.163. The molecule has 0 aliphatic rings. The Morgan fingerprint density at radius 3 is 1.54 bits per heavy atom. The lowest BCUT2D eigenvalue weighted by atomic mass is 9.87. The summed E-state index contributed by atoms with van der Waals surface area (Å²) in [5.74, 6) is -17.8. The van der Waals surface area contributed by atoms with Gasteiger partial charge in [0.2, 0.25) is 41.4 Å². The molecule has 0 radical (unpaired) electrons. The second-order valence-corrected chi connectivity index (χ2v) is 23.7. The number of carboxylic acids is 4. The van der Waals surface area contributed by atoms with Crippen molar-refractivity contribution < 1.29 is 108 Å². The van der Waals surface area contributed by atoms with Crippen LogP contribution in [0.25, 0.3) is 11.2 Å². The van der Waals surface area contributed by atoms with Crippen LogP contribution in [0, 0.1) is 17.8 Å². The van der Waals surface area contributed by atoms with Crippen molar-refractivity contribution >= 4 is 117 Å². The summed E-state index contributed by atoms with van der Waals surface area (Å²) in [5.41, 5.74) is 19.3. The number of anilines is 3. The smallest absolute Gasteiger partial charge is 0.326 e. The van der Waals surface area contributed by atoms with Gasteiger partial charge in [0.1, 0.15) is 29.4 Å². The molecule has 0 unspecified atom stereocenters. The number of hydrogen-bond acceptors (Lipinski definition) is 26. The van der Waals surface area contributed by atoms with Crippen molar-refractivity contribution in [3.63, 3.8) is 0 Å². The first-order valence-corrected chi connectivity index (χ1v) is 31.8. The number of nitrogens with two attached hydrogens (primary N) is 3. The van der Waals surface area contributed by atoms with E-state index < -0.39 is 194 Å². The standard InChI is InChI=1S/C62H89N15O22/c1-34(78)75(97)26-6-9-38(31-50(84)46(11-8-28-77(99)36(3)80)70-57(88)45(63)10-7-27-76(98)35(2)79)49(83)12-5-25-66-51(85)23-15-39(58(89)90)29-43(81)19-21-47(60(93)94)69-52(86)24-16-40(59(91)92)30-44(82)20-22-48(61(95)96)71-56(87)37-13-17-42(18-14-37)74(4)33-41-32-67-55-53(68-41)54(64)72-62(65)73-55/h13-14,17-18,32,38-40,45-48,97-99H,5-12,15-16,19-31,33,63H2,1-4H3,(H,66,85)(H,69,86)(H,70,88)(H,71,87)(H,89,90)(H,91,92)(H,93,94)(H,95,96)(H4,64,65,67,72,73)/t38-,39-,40-,45+,46+,47+,48-/m1/s1. The number of rotatable bonds is 48. The van der Waals surface area contributed by atoms with Gasteiger partial charge in [0.05, 0.1) is 42.4 Å². The highest BCUT2D eigenvalue weighted by Crippen LogP contribution is 2.23. The first kappa shape index (κ1) is 83.0. The lowest BCUT2D eigenvalue weighted by Crippen LogP contribution is -2.49. The predicted octanol–water partition coefficient (Wildman–Crippen LogP) is 0.320. The van der Waals surface area contributed by atoms with Crippen molar-refractivity contribution in [2.24, 2.45) is 23.5 Å². The van der Waals surface area contributed by atoms with Crippen LogP contribution >= 0.6 is 0 Å². The quantitative estimate of drug-likeness (QED) is 0.0206. The van der Waals surface area contributed by atoms with Crippen LogP contribution < -0.4 is 43.4 Å². The Hall–Kier alpha value is -10.3. The maximum Gasteiger partial charge on any atom is 0.326 e. The van der Waals surface area contributed by atoms with Crippen LogP contribution in [0.1, 0.15) is 159 Å². The van der Waals surface area contributed by atoms with Crippen LogP contribution in [-0.2, 0) is 73.7 Å². The number of amides is 7. The zero-order valence-electron chi connectivity index (χ0n) is 55.5. The van der Waals surface area contributed by atoms with Crippen molar-refractivity contribution in [2.45, 2.75) is 173 Å². The van der Waals surface area contributed by atoms with Gasteiger partial charge in [-0.1, -0.05) is 0 Å². The number of Topliss-reactive ketones (excluding diaryl/α,β-unsaturated/α-hetero) is 4. The molecule has 544 valence electrons. The minimum Gasteiger partial charge on any atom is -0.481 e. The van der Waals surface area contributed by atoms with Crippen LogP contribution in [-0.4, -0.2) is 217 Å². The van der Waals surface area contributed by atoms with Gasteiger partial charge in [0, 0.05) is 123 Å². The Balaban J connectivity index is 1.48. The summed E-state index contributed by atoms with van der Waals surface area (Å²) in [5, 5.41) is 79.8. The van der Waals surface area contributed by atoms with Gasteiger partial charge >= 0.3 is 23.9 Å². The molecule has 37 heteroatoms. The van der Waals surface area contributed by atoms with E-state index in [1.165, 1.54) is 18.3 Å². The molecule has 17 N–H and O–H groups in total. The summed E-state index contributed by atoms with van der Waals surface area (Å²) in [7, 11) is 1.74. The second kappa shape index (κ2) is 41.7. The minimum absolute atomic E-state index is 0.00325. The van der Waals surface area contributed by atoms with Crippen LogP contribution in [0.3, 0.4) is 0 Å². The number of fused-ring (bicyclic) bond motifs is 1. The zero-order valence-corrected chi connectivity index (χ0v) is 55.5. The molecule has 7 amide bonds. The highest BCUT2D eigenvalue weighted by atomic mass is 16.5. The Morgan fingerprint density at radius 2 is 1.02 bits per heavy atom. The van der Waals surface area contributed by atoms with Gasteiger partial charge in [-0.15, -0.1) is 0 Å². The van der Waals surface area contributed by atoms with E-state index in [1.54, 1.807) is 24.1 Å². The first-order valence-electron chi connectivity index (χ1n) is 31.8. The number of nitrogens with zero attached hydrogens (tertiary/aromatic N) is 8. The monoisotopic (exact) mass is 1400 g/mol. The van der Waals surface area contributed by atoms with E-state index in [0.717, 1.165) is 20.8 Å². The third-order valence-corrected chi connectivity index (χ3v) is 15.8. The number of carboxylic acid groups (broad SMARTS) is 4. The van der Waals surface area contributed by atoms with E-state index in [4.69, 9.17) is 17.2 Å². The predicted molar refractivity (Wildman–Crippen MR) is 345 cm³/mol. The van der Waals surface area contributed by atoms with E-state index >= 15 is 0 Å². The molecular formula is C62H89N15O22. The zero-order chi connectivity index (χ0) is 74.2. The van der Waals surface area contributed by atoms with E-state index in [-0.39, 0.29) is 119 Å². The van der Waals surface area contributed by atoms with Gasteiger partial charge in [-0.05, 0) is 94.9 Å². The molecular weight excluding hydrogens is 1310 g/mol. The van der Waals surface area contributed by atoms with Crippen molar-refractivity contribution in [1.29, 1.82) is 0 Å². The highest BCUT2D eigenvalue weighted by Gasteiger charge is 2.32. The Bertz CT molecular complexity index is 3380. The molecule has 0 bridgehead atoms. The highest BCUT2D eigenvalue weighted by molar-refractivity contribution is 5.97. The van der Waals surface area contributed by atoms with Gasteiger partial charge in [-0.2, -0.15) is 9.97 Å². The third-order valence-electron chi connectivity index (χ3n) is 15.8. The summed E-state index contributed by atoms with van der Waals surface area (Å²) >= 11 is 0. The fourth-order valence-electron chi connectivity index (χ4n) is 10.0.